The van der Waals surface area contributed by atoms with Gasteiger partial charge in [0, 0.05) is 24.9 Å². The number of alkyl halides is 1. The van der Waals surface area contributed by atoms with E-state index in [1.807, 2.05) is 0 Å². The van der Waals surface area contributed by atoms with Crippen LogP contribution in [-0.4, -0.2) is 34.1 Å². The molecule has 0 saturated heterocycles. The summed E-state index contributed by atoms with van der Waals surface area (Å²) in [7, 11) is -3.54. The number of fused-ring (bicyclic) bond motifs is 1. The molecule has 1 aliphatic rings. The summed E-state index contributed by atoms with van der Waals surface area (Å²) in [5, 5.41) is 0. The molecule has 0 aromatic heterocycles. The summed E-state index contributed by atoms with van der Waals surface area (Å²) < 4.78 is 37.1. The minimum atomic E-state index is -3.54. The number of hydrogen-bond donors (Lipinski definition) is 1. The Hall–Kier alpha value is -0.980. The molecule has 1 aromatic rings. The van der Waals surface area contributed by atoms with Crippen LogP contribution in [0, 0.1) is 0 Å². The Labute approximate surface area is 111 Å². The van der Waals surface area contributed by atoms with Crippen LogP contribution in [0.3, 0.4) is 0 Å². The van der Waals surface area contributed by atoms with Crippen LogP contribution in [0.1, 0.15) is 6.42 Å². The van der Waals surface area contributed by atoms with Crippen molar-refractivity contribution in [3.63, 3.8) is 0 Å². The van der Waals surface area contributed by atoms with E-state index in [0.717, 1.165) is 6.42 Å². The van der Waals surface area contributed by atoms with Crippen LogP contribution < -0.4 is 14.2 Å². The first-order chi connectivity index (χ1) is 8.63. The highest BCUT2D eigenvalue weighted by molar-refractivity contribution is 7.89. The number of ether oxygens (including phenoxy) is 2. The lowest BCUT2D eigenvalue weighted by molar-refractivity contribution is 0.297. The first kappa shape index (κ1) is 13.5. The Balaban J connectivity index is 2.27. The second kappa shape index (κ2) is 5.77. The van der Waals surface area contributed by atoms with E-state index in [0.29, 0.717) is 24.7 Å². The van der Waals surface area contributed by atoms with Crippen molar-refractivity contribution >= 4 is 21.6 Å². The molecule has 100 valence electrons. The highest BCUT2D eigenvalue weighted by Crippen LogP contribution is 2.31. The van der Waals surface area contributed by atoms with Gasteiger partial charge in [-0.05, 0) is 12.1 Å². The normalized spacial score (nSPS) is 15.2. The van der Waals surface area contributed by atoms with E-state index < -0.39 is 10.0 Å². The van der Waals surface area contributed by atoms with Crippen LogP contribution in [0.2, 0.25) is 0 Å². The molecule has 1 aromatic carbocycles. The maximum Gasteiger partial charge on any atom is 0.240 e. The highest BCUT2D eigenvalue weighted by Gasteiger charge is 2.18. The zero-order chi connectivity index (χ0) is 13.0. The molecule has 0 saturated carbocycles. The van der Waals surface area contributed by atoms with E-state index in [9.17, 15) is 8.42 Å². The first-order valence-corrected chi connectivity index (χ1v) is 7.60. The fourth-order valence-electron chi connectivity index (χ4n) is 1.57. The van der Waals surface area contributed by atoms with Gasteiger partial charge in [0.1, 0.15) is 0 Å². The van der Waals surface area contributed by atoms with Gasteiger partial charge in [0.05, 0.1) is 18.1 Å². The van der Waals surface area contributed by atoms with E-state index in [4.69, 9.17) is 21.1 Å². The van der Waals surface area contributed by atoms with Gasteiger partial charge < -0.3 is 9.47 Å². The number of benzene rings is 1. The average molecular weight is 292 g/mol. The maximum atomic E-state index is 11.9. The van der Waals surface area contributed by atoms with Gasteiger partial charge in [0.2, 0.25) is 10.0 Å². The summed E-state index contributed by atoms with van der Waals surface area (Å²) in [6, 6.07) is 4.57. The standard InChI is InChI=1S/C11H14ClNO4S/c12-4-5-13-18(14,15)9-2-3-10-11(8-9)17-7-1-6-16-10/h2-3,8,13H,1,4-7H2. The second-order valence-corrected chi connectivity index (χ2v) is 5.89. The molecule has 18 heavy (non-hydrogen) atoms. The summed E-state index contributed by atoms with van der Waals surface area (Å²) in [4.78, 5) is 0.150. The van der Waals surface area contributed by atoms with Gasteiger partial charge in [0.25, 0.3) is 0 Å². The summed E-state index contributed by atoms with van der Waals surface area (Å²) in [5.74, 6) is 1.26. The van der Waals surface area contributed by atoms with Crippen LogP contribution in [-0.2, 0) is 10.0 Å². The Bertz CT molecular complexity index is 518. The monoisotopic (exact) mass is 291 g/mol. The molecule has 0 bridgehead atoms. The predicted octanol–water partition coefficient (Wildman–Crippen LogP) is 1.37. The minimum Gasteiger partial charge on any atom is -0.490 e. The summed E-state index contributed by atoms with van der Waals surface area (Å²) in [6.07, 6.45) is 0.779. The zero-order valence-electron chi connectivity index (χ0n) is 9.69. The molecule has 5 nitrogen and oxygen atoms in total. The molecule has 0 radical (unpaired) electrons. The number of nitrogens with one attached hydrogen (secondary N) is 1. The Morgan fingerprint density at radius 2 is 1.94 bits per heavy atom. The largest absolute Gasteiger partial charge is 0.490 e. The third-order valence-corrected chi connectivity index (χ3v) is 4.06. The Morgan fingerprint density at radius 3 is 2.67 bits per heavy atom. The molecule has 0 atom stereocenters. The van der Waals surface area contributed by atoms with Gasteiger partial charge in [-0.2, -0.15) is 0 Å². The van der Waals surface area contributed by atoms with E-state index in [-0.39, 0.29) is 17.3 Å². The highest BCUT2D eigenvalue weighted by atomic mass is 35.5. The summed E-state index contributed by atoms with van der Waals surface area (Å²) >= 11 is 5.46. The fourth-order valence-corrected chi connectivity index (χ4v) is 2.82. The molecular weight excluding hydrogens is 278 g/mol. The first-order valence-electron chi connectivity index (χ1n) is 5.59. The van der Waals surface area contributed by atoms with Gasteiger partial charge in [-0.25, -0.2) is 13.1 Å². The molecule has 1 aliphatic heterocycles. The average Bonchev–Trinajstić information content (AvgIpc) is 2.60. The third-order valence-electron chi connectivity index (χ3n) is 2.42. The van der Waals surface area contributed by atoms with Gasteiger partial charge in [-0.15, -0.1) is 11.6 Å². The third kappa shape index (κ3) is 3.07. The van der Waals surface area contributed by atoms with Crippen molar-refractivity contribution in [1.29, 1.82) is 0 Å². The smallest absolute Gasteiger partial charge is 0.240 e. The number of sulfonamides is 1. The van der Waals surface area contributed by atoms with Gasteiger partial charge in [-0.1, -0.05) is 0 Å². The fraction of sp³-hybridized carbons (Fsp3) is 0.455. The lowest BCUT2D eigenvalue weighted by Crippen LogP contribution is -2.25. The Morgan fingerprint density at radius 1 is 1.22 bits per heavy atom. The van der Waals surface area contributed by atoms with Crippen molar-refractivity contribution in [2.75, 3.05) is 25.6 Å². The minimum absolute atomic E-state index is 0.150. The van der Waals surface area contributed by atoms with Gasteiger partial charge >= 0.3 is 0 Å². The van der Waals surface area contributed by atoms with Crippen LogP contribution in [0.15, 0.2) is 23.1 Å². The van der Waals surface area contributed by atoms with Crippen molar-refractivity contribution in [3.8, 4) is 11.5 Å². The number of rotatable bonds is 4. The van der Waals surface area contributed by atoms with Crippen molar-refractivity contribution in [2.45, 2.75) is 11.3 Å². The SMILES string of the molecule is O=S(=O)(NCCCl)c1ccc2c(c1)OCCCO2. The van der Waals surface area contributed by atoms with E-state index in [1.54, 1.807) is 6.07 Å². The molecule has 1 N–H and O–H groups in total. The topological polar surface area (TPSA) is 64.6 Å². The Kier molecular flexibility index (Phi) is 4.31. The molecular formula is C11H14ClNO4S. The predicted molar refractivity (Wildman–Crippen MR) is 68.0 cm³/mol. The van der Waals surface area contributed by atoms with E-state index in [2.05, 4.69) is 4.72 Å². The molecule has 0 aliphatic carbocycles. The van der Waals surface area contributed by atoms with Crippen LogP contribution in [0.5, 0.6) is 11.5 Å². The number of halogens is 1. The zero-order valence-corrected chi connectivity index (χ0v) is 11.3. The molecule has 0 fully saturated rings. The lowest BCUT2D eigenvalue weighted by atomic mass is 10.3. The molecule has 0 unspecified atom stereocenters. The van der Waals surface area contributed by atoms with Gasteiger partial charge in [0.15, 0.2) is 11.5 Å². The second-order valence-electron chi connectivity index (χ2n) is 3.75. The summed E-state index contributed by atoms with van der Waals surface area (Å²) in [5.41, 5.74) is 0. The van der Waals surface area contributed by atoms with Crippen molar-refractivity contribution in [3.05, 3.63) is 18.2 Å². The van der Waals surface area contributed by atoms with E-state index >= 15 is 0 Å². The van der Waals surface area contributed by atoms with Crippen LogP contribution in [0.4, 0.5) is 0 Å². The lowest BCUT2D eigenvalue weighted by Gasteiger charge is -2.10. The molecule has 7 heteroatoms. The van der Waals surface area contributed by atoms with E-state index in [1.165, 1.54) is 12.1 Å². The van der Waals surface area contributed by atoms with Gasteiger partial charge in [-0.3, -0.25) is 0 Å². The molecule has 1 heterocycles. The van der Waals surface area contributed by atoms with Crippen molar-refractivity contribution < 1.29 is 17.9 Å². The van der Waals surface area contributed by atoms with Crippen LogP contribution >= 0.6 is 11.6 Å². The van der Waals surface area contributed by atoms with Crippen molar-refractivity contribution in [1.82, 2.24) is 4.72 Å². The molecule has 0 spiro atoms. The molecule has 0 amide bonds. The van der Waals surface area contributed by atoms with Crippen molar-refractivity contribution in [2.24, 2.45) is 0 Å². The van der Waals surface area contributed by atoms with Crippen LogP contribution in [0.25, 0.3) is 0 Å². The molecule has 2 rings (SSSR count). The summed E-state index contributed by atoms with van der Waals surface area (Å²) in [6.45, 7) is 1.29. The number of hydrogen-bond acceptors (Lipinski definition) is 4. The quantitative estimate of drug-likeness (QED) is 0.851. The maximum absolute atomic E-state index is 11.9.